The lowest BCUT2D eigenvalue weighted by atomic mass is 10.2. The fourth-order valence-corrected chi connectivity index (χ4v) is 2.05. The van der Waals surface area contributed by atoms with Gasteiger partial charge in [-0.2, -0.15) is 0 Å². The van der Waals surface area contributed by atoms with Crippen molar-refractivity contribution in [2.45, 2.75) is 45.2 Å². The van der Waals surface area contributed by atoms with Gasteiger partial charge in [0.05, 0.1) is 13.2 Å². The normalized spacial score (nSPS) is 14.2. The molecule has 1 saturated carbocycles. The fourth-order valence-electron chi connectivity index (χ4n) is 2.05. The summed E-state index contributed by atoms with van der Waals surface area (Å²) in [7, 11) is 1.71. The average Bonchev–Trinajstić information content (AvgIpc) is 3.32. The summed E-state index contributed by atoms with van der Waals surface area (Å²) in [4.78, 5) is 0. The van der Waals surface area contributed by atoms with Crippen molar-refractivity contribution in [3.63, 3.8) is 0 Å². The van der Waals surface area contributed by atoms with Crippen LogP contribution in [0.15, 0.2) is 18.2 Å². The second kappa shape index (κ2) is 8.90. The Balaban J connectivity index is 1.94. The highest BCUT2D eigenvalue weighted by atomic mass is 16.5. The first-order chi connectivity index (χ1) is 10.3. The van der Waals surface area contributed by atoms with Crippen LogP contribution in [0.4, 0.5) is 0 Å². The average molecular weight is 293 g/mol. The first-order valence-electron chi connectivity index (χ1n) is 7.94. The highest BCUT2D eigenvalue weighted by Gasteiger charge is 2.20. The van der Waals surface area contributed by atoms with E-state index in [0.29, 0.717) is 12.6 Å². The number of ether oxygens (including phenoxy) is 3. The molecule has 0 heterocycles. The van der Waals surface area contributed by atoms with E-state index >= 15 is 0 Å². The molecular formula is C17H27NO3. The molecule has 4 nitrogen and oxygen atoms in total. The van der Waals surface area contributed by atoms with Crippen molar-refractivity contribution in [2.75, 3.05) is 26.9 Å². The Bertz CT molecular complexity index is 418. The van der Waals surface area contributed by atoms with E-state index in [2.05, 4.69) is 18.3 Å². The van der Waals surface area contributed by atoms with Crippen molar-refractivity contribution in [3.05, 3.63) is 23.8 Å². The summed E-state index contributed by atoms with van der Waals surface area (Å²) < 4.78 is 16.7. The third kappa shape index (κ3) is 5.94. The quantitative estimate of drug-likeness (QED) is 0.636. The van der Waals surface area contributed by atoms with Crippen molar-refractivity contribution >= 4 is 0 Å². The maximum atomic E-state index is 5.91. The van der Waals surface area contributed by atoms with Gasteiger partial charge in [-0.05, 0) is 25.3 Å². The summed E-state index contributed by atoms with van der Waals surface area (Å²) in [6.45, 7) is 5.10. The Kier molecular flexibility index (Phi) is 6.83. The molecule has 0 spiro atoms. The molecule has 1 N–H and O–H groups in total. The fraction of sp³-hybridized carbons (Fsp3) is 0.647. The van der Waals surface area contributed by atoms with Crippen LogP contribution < -0.4 is 14.8 Å². The second-order valence-electron chi connectivity index (χ2n) is 5.47. The van der Waals surface area contributed by atoms with Gasteiger partial charge in [-0.25, -0.2) is 0 Å². The summed E-state index contributed by atoms with van der Waals surface area (Å²) in [6.07, 6.45) is 4.49. The van der Waals surface area contributed by atoms with E-state index in [9.17, 15) is 0 Å². The molecule has 0 radical (unpaired) electrons. The van der Waals surface area contributed by atoms with Gasteiger partial charge in [-0.1, -0.05) is 13.0 Å². The van der Waals surface area contributed by atoms with Crippen LogP contribution in [0.25, 0.3) is 0 Å². The first-order valence-corrected chi connectivity index (χ1v) is 7.94. The first kappa shape index (κ1) is 16.1. The van der Waals surface area contributed by atoms with Crippen molar-refractivity contribution in [3.8, 4) is 11.5 Å². The molecule has 1 aliphatic carbocycles. The lowest BCUT2D eigenvalue weighted by molar-refractivity contribution is 0.171. The van der Waals surface area contributed by atoms with E-state index in [1.54, 1.807) is 7.11 Å². The Morgan fingerprint density at radius 3 is 2.71 bits per heavy atom. The van der Waals surface area contributed by atoms with E-state index in [1.165, 1.54) is 18.4 Å². The van der Waals surface area contributed by atoms with Crippen LogP contribution in [0.2, 0.25) is 0 Å². The van der Waals surface area contributed by atoms with Gasteiger partial charge in [-0.3, -0.25) is 0 Å². The van der Waals surface area contributed by atoms with Crippen LogP contribution in [-0.4, -0.2) is 33.0 Å². The van der Waals surface area contributed by atoms with Gasteiger partial charge in [-0.15, -0.1) is 0 Å². The molecular weight excluding hydrogens is 266 g/mol. The standard InChI is InChI=1S/C17H27NO3/c1-3-9-20-16-8-5-14(13-18-15-6-7-15)17(12-16)21-11-4-10-19-2/h5,8,12,15,18H,3-4,6-7,9-11,13H2,1-2H3. The van der Waals surface area contributed by atoms with Crippen LogP contribution in [0, 0.1) is 0 Å². The Hall–Kier alpha value is -1.26. The SMILES string of the molecule is CCCOc1ccc(CNC2CC2)c(OCCCOC)c1. The lowest BCUT2D eigenvalue weighted by Crippen LogP contribution is -2.16. The monoisotopic (exact) mass is 293 g/mol. The zero-order valence-corrected chi connectivity index (χ0v) is 13.2. The summed E-state index contributed by atoms with van der Waals surface area (Å²) in [5, 5.41) is 3.53. The van der Waals surface area contributed by atoms with Crippen LogP contribution in [0.3, 0.4) is 0 Å². The molecule has 1 aromatic carbocycles. The number of hydrogen-bond acceptors (Lipinski definition) is 4. The Morgan fingerprint density at radius 2 is 2.00 bits per heavy atom. The second-order valence-corrected chi connectivity index (χ2v) is 5.47. The number of nitrogens with one attached hydrogen (secondary N) is 1. The number of methoxy groups -OCH3 is 1. The molecule has 0 atom stereocenters. The van der Waals surface area contributed by atoms with Gasteiger partial charge in [0.15, 0.2) is 0 Å². The molecule has 1 aromatic rings. The van der Waals surface area contributed by atoms with Crippen molar-refractivity contribution in [2.24, 2.45) is 0 Å². The van der Waals surface area contributed by atoms with Crippen LogP contribution in [0.5, 0.6) is 11.5 Å². The molecule has 4 heteroatoms. The maximum absolute atomic E-state index is 5.91. The van der Waals surface area contributed by atoms with Crippen LogP contribution >= 0.6 is 0 Å². The Labute approximate surface area is 127 Å². The van der Waals surface area contributed by atoms with Gasteiger partial charge >= 0.3 is 0 Å². The van der Waals surface area contributed by atoms with Gasteiger partial charge in [0.2, 0.25) is 0 Å². The lowest BCUT2D eigenvalue weighted by Gasteiger charge is -2.14. The van der Waals surface area contributed by atoms with Gasteiger partial charge < -0.3 is 19.5 Å². The Morgan fingerprint density at radius 1 is 1.14 bits per heavy atom. The van der Waals surface area contributed by atoms with Crippen LogP contribution in [-0.2, 0) is 11.3 Å². The van der Waals surface area contributed by atoms with Crippen molar-refractivity contribution < 1.29 is 14.2 Å². The minimum Gasteiger partial charge on any atom is -0.493 e. The molecule has 0 aromatic heterocycles. The molecule has 1 fully saturated rings. The predicted molar refractivity (Wildman–Crippen MR) is 84.1 cm³/mol. The van der Waals surface area contributed by atoms with Crippen LogP contribution in [0.1, 0.15) is 38.2 Å². The highest BCUT2D eigenvalue weighted by Crippen LogP contribution is 2.27. The van der Waals surface area contributed by atoms with Crippen molar-refractivity contribution in [1.82, 2.24) is 5.32 Å². The number of hydrogen-bond donors (Lipinski definition) is 1. The summed E-state index contributed by atoms with van der Waals surface area (Å²) in [5.74, 6) is 1.81. The third-order valence-corrected chi connectivity index (χ3v) is 3.42. The summed E-state index contributed by atoms with van der Waals surface area (Å²) in [6, 6.07) is 6.84. The largest absolute Gasteiger partial charge is 0.493 e. The smallest absolute Gasteiger partial charge is 0.127 e. The summed E-state index contributed by atoms with van der Waals surface area (Å²) in [5.41, 5.74) is 1.20. The number of rotatable bonds is 11. The van der Waals surface area contributed by atoms with E-state index < -0.39 is 0 Å². The molecule has 21 heavy (non-hydrogen) atoms. The minimum atomic E-state index is 0.668. The molecule has 118 valence electrons. The molecule has 2 rings (SSSR count). The highest BCUT2D eigenvalue weighted by molar-refractivity contribution is 5.40. The third-order valence-electron chi connectivity index (χ3n) is 3.42. The number of benzene rings is 1. The molecule has 0 aliphatic heterocycles. The zero-order chi connectivity index (χ0) is 14.9. The van der Waals surface area contributed by atoms with Crippen molar-refractivity contribution in [1.29, 1.82) is 0 Å². The predicted octanol–water partition coefficient (Wildman–Crippen LogP) is 3.14. The van der Waals surface area contributed by atoms with Gasteiger partial charge in [0.1, 0.15) is 11.5 Å². The maximum Gasteiger partial charge on any atom is 0.127 e. The van der Waals surface area contributed by atoms with E-state index in [1.807, 2.05) is 12.1 Å². The summed E-state index contributed by atoms with van der Waals surface area (Å²) >= 11 is 0. The molecule has 1 aliphatic rings. The van der Waals surface area contributed by atoms with E-state index in [4.69, 9.17) is 14.2 Å². The van der Waals surface area contributed by atoms with E-state index in [0.717, 1.165) is 44.1 Å². The topological polar surface area (TPSA) is 39.7 Å². The van der Waals surface area contributed by atoms with E-state index in [-0.39, 0.29) is 0 Å². The molecule has 0 saturated heterocycles. The van der Waals surface area contributed by atoms with Gasteiger partial charge in [0.25, 0.3) is 0 Å². The minimum absolute atomic E-state index is 0.668. The van der Waals surface area contributed by atoms with Gasteiger partial charge in [0, 0.05) is 44.4 Å². The molecule has 0 unspecified atom stereocenters. The zero-order valence-electron chi connectivity index (χ0n) is 13.2. The molecule has 0 amide bonds. The molecule has 0 bridgehead atoms.